The Balaban J connectivity index is 2.52. The summed E-state index contributed by atoms with van der Waals surface area (Å²) in [5, 5.41) is 19.6. The van der Waals surface area contributed by atoms with Gasteiger partial charge in [0.2, 0.25) is 0 Å². The monoisotopic (exact) mass is 238 g/mol. The number of anilines is 2. The topological polar surface area (TPSA) is 121 Å². The molecule has 1 aliphatic rings. The Morgan fingerprint density at radius 2 is 2.00 bits per heavy atom. The van der Waals surface area contributed by atoms with E-state index in [1.165, 1.54) is 0 Å². The molecule has 0 spiro atoms. The van der Waals surface area contributed by atoms with E-state index in [-0.39, 0.29) is 17.3 Å². The summed E-state index contributed by atoms with van der Waals surface area (Å²) in [6, 6.07) is 0. The Hall–Kier alpha value is -2.12. The van der Waals surface area contributed by atoms with Crippen molar-refractivity contribution in [1.29, 1.82) is 5.41 Å². The van der Waals surface area contributed by atoms with Crippen molar-refractivity contribution in [3.63, 3.8) is 0 Å². The number of nitrogens with two attached hydrogens (primary N) is 1. The summed E-state index contributed by atoms with van der Waals surface area (Å²) in [4.78, 5) is 16.5. The summed E-state index contributed by atoms with van der Waals surface area (Å²) in [6.07, 6.45) is 3.14. The van der Waals surface area contributed by atoms with Gasteiger partial charge in [-0.05, 0) is 24.4 Å². The summed E-state index contributed by atoms with van der Waals surface area (Å²) in [6.45, 7) is 1.51. The molecular weight excluding hydrogens is 224 g/mol. The van der Waals surface area contributed by atoms with Crippen molar-refractivity contribution < 1.29 is 5.21 Å². The zero-order chi connectivity index (χ0) is 12.4. The second kappa shape index (κ2) is 4.40. The molecule has 0 bridgehead atoms. The molecule has 2 heterocycles. The smallest absolute Gasteiger partial charge is 0.259 e. The summed E-state index contributed by atoms with van der Waals surface area (Å²) >= 11 is 0. The highest BCUT2D eigenvalue weighted by Gasteiger charge is 2.21. The van der Waals surface area contributed by atoms with Gasteiger partial charge < -0.3 is 15.8 Å². The average Bonchev–Trinajstić information content (AvgIpc) is 2.36. The van der Waals surface area contributed by atoms with E-state index in [0.717, 1.165) is 32.4 Å². The highest BCUT2D eigenvalue weighted by molar-refractivity contribution is 5.72. The molecule has 0 amide bonds. The fourth-order valence-corrected chi connectivity index (χ4v) is 1.94. The maximum Gasteiger partial charge on any atom is 0.259 e. The van der Waals surface area contributed by atoms with Crippen molar-refractivity contribution in [1.82, 2.24) is 9.71 Å². The largest absolute Gasteiger partial charge is 0.423 e. The number of hydrogen-bond acceptors (Lipinski definition) is 7. The quantitative estimate of drug-likeness (QED) is 0.513. The van der Waals surface area contributed by atoms with Crippen molar-refractivity contribution in [2.24, 2.45) is 5.18 Å². The van der Waals surface area contributed by atoms with Gasteiger partial charge >= 0.3 is 0 Å². The number of rotatable bonds is 2. The lowest BCUT2D eigenvalue weighted by atomic mass is 10.1. The first-order valence-electron chi connectivity index (χ1n) is 5.40. The fraction of sp³-hybridized carbons (Fsp3) is 0.556. The number of nitrogens with one attached hydrogen (secondary N) is 1. The maximum absolute atomic E-state index is 10.8. The summed E-state index contributed by atoms with van der Waals surface area (Å²) in [5.74, 6) is 0.0353. The molecule has 8 heteroatoms. The summed E-state index contributed by atoms with van der Waals surface area (Å²) in [5.41, 5.74) is 5.02. The minimum atomic E-state index is -0.407. The Morgan fingerprint density at radius 1 is 1.35 bits per heavy atom. The SMILES string of the molecule is N=c1nc(N2CCCCC2)c(N=O)c(N)n1O. The van der Waals surface area contributed by atoms with Crippen LogP contribution in [0.1, 0.15) is 19.3 Å². The molecular formula is C9H14N6O2. The number of nitrogens with zero attached hydrogens (tertiary/aromatic N) is 4. The standard InChI is InChI=1S/C9H14N6O2/c10-7-6(13-16)8(12-9(11)15(7)17)14-4-2-1-3-5-14/h11,17H,1-5,10H2. The number of hydrogen-bond donors (Lipinski definition) is 3. The van der Waals surface area contributed by atoms with Crippen LogP contribution in [0.5, 0.6) is 0 Å². The zero-order valence-electron chi connectivity index (χ0n) is 9.26. The van der Waals surface area contributed by atoms with E-state index in [1.807, 2.05) is 4.90 Å². The van der Waals surface area contributed by atoms with Crippen LogP contribution < -0.4 is 16.3 Å². The highest BCUT2D eigenvalue weighted by Crippen LogP contribution is 2.31. The van der Waals surface area contributed by atoms with Crippen LogP contribution in [0.4, 0.5) is 17.3 Å². The first kappa shape index (κ1) is 11.4. The Kier molecular flexibility index (Phi) is 2.94. The van der Waals surface area contributed by atoms with E-state index < -0.39 is 5.62 Å². The number of nitrogen functional groups attached to an aromatic ring is 1. The van der Waals surface area contributed by atoms with Crippen LogP contribution in [0.25, 0.3) is 0 Å². The maximum atomic E-state index is 10.8. The number of aromatic nitrogens is 2. The van der Waals surface area contributed by atoms with Crippen LogP contribution in [0.2, 0.25) is 0 Å². The third-order valence-corrected chi connectivity index (χ3v) is 2.84. The van der Waals surface area contributed by atoms with Crippen molar-refractivity contribution in [2.75, 3.05) is 23.7 Å². The van der Waals surface area contributed by atoms with Crippen LogP contribution in [0.15, 0.2) is 5.18 Å². The fourth-order valence-electron chi connectivity index (χ4n) is 1.94. The lowest BCUT2D eigenvalue weighted by Gasteiger charge is -2.28. The molecule has 1 aromatic rings. The van der Waals surface area contributed by atoms with Crippen LogP contribution >= 0.6 is 0 Å². The molecule has 1 saturated heterocycles. The highest BCUT2D eigenvalue weighted by atomic mass is 16.5. The third-order valence-electron chi connectivity index (χ3n) is 2.84. The van der Waals surface area contributed by atoms with Crippen molar-refractivity contribution in [2.45, 2.75) is 19.3 Å². The number of nitroso groups, excluding NO2 is 1. The molecule has 0 radical (unpaired) electrons. The van der Waals surface area contributed by atoms with E-state index in [2.05, 4.69) is 10.2 Å². The normalized spacial score (nSPS) is 15.9. The molecule has 4 N–H and O–H groups in total. The predicted molar refractivity (Wildman–Crippen MR) is 61.2 cm³/mol. The minimum Gasteiger partial charge on any atom is -0.423 e. The summed E-state index contributed by atoms with van der Waals surface area (Å²) in [7, 11) is 0. The van der Waals surface area contributed by atoms with Gasteiger partial charge in [0, 0.05) is 13.1 Å². The molecule has 1 aliphatic heterocycles. The van der Waals surface area contributed by atoms with Crippen molar-refractivity contribution in [3.05, 3.63) is 10.5 Å². The van der Waals surface area contributed by atoms with E-state index in [0.29, 0.717) is 4.73 Å². The van der Waals surface area contributed by atoms with E-state index in [9.17, 15) is 10.1 Å². The summed E-state index contributed by atoms with van der Waals surface area (Å²) < 4.78 is 0.351. The molecule has 1 aromatic heterocycles. The lowest BCUT2D eigenvalue weighted by molar-refractivity contribution is 0.172. The molecule has 1 fully saturated rings. The van der Waals surface area contributed by atoms with E-state index in [4.69, 9.17) is 11.1 Å². The predicted octanol–water partition coefficient (Wildman–Crippen LogP) is 0.570. The van der Waals surface area contributed by atoms with Gasteiger partial charge in [-0.3, -0.25) is 5.41 Å². The Morgan fingerprint density at radius 3 is 2.59 bits per heavy atom. The van der Waals surface area contributed by atoms with Crippen LogP contribution in [-0.4, -0.2) is 28.0 Å². The van der Waals surface area contributed by atoms with Gasteiger partial charge in [0.15, 0.2) is 17.3 Å². The molecule has 92 valence electrons. The molecule has 0 aliphatic carbocycles. The van der Waals surface area contributed by atoms with Gasteiger partial charge in [-0.25, -0.2) is 0 Å². The van der Waals surface area contributed by atoms with E-state index >= 15 is 0 Å². The molecule has 0 aromatic carbocycles. The first-order chi connectivity index (χ1) is 8.15. The van der Waals surface area contributed by atoms with Gasteiger partial charge in [-0.2, -0.15) is 4.98 Å². The second-order valence-electron chi connectivity index (χ2n) is 3.94. The molecule has 0 atom stereocenters. The number of piperidine rings is 1. The van der Waals surface area contributed by atoms with Gasteiger partial charge in [0.05, 0.1) is 0 Å². The third kappa shape index (κ3) is 1.93. The minimum absolute atomic E-state index is 0.106. The first-order valence-corrected chi connectivity index (χ1v) is 5.40. The Bertz CT molecular complexity index is 491. The molecule has 2 rings (SSSR count). The van der Waals surface area contributed by atoms with E-state index in [1.54, 1.807) is 0 Å². The second-order valence-corrected chi connectivity index (χ2v) is 3.94. The molecule has 8 nitrogen and oxygen atoms in total. The van der Waals surface area contributed by atoms with Gasteiger partial charge in [-0.1, -0.05) is 0 Å². The van der Waals surface area contributed by atoms with Gasteiger partial charge in [-0.15, -0.1) is 9.64 Å². The van der Waals surface area contributed by atoms with Crippen LogP contribution in [0, 0.1) is 10.3 Å². The van der Waals surface area contributed by atoms with Gasteiger partial charge in [0.1, 0.15) is 0 Å². The molecule has 0 saturated carbocycles. The molecule has 17 heavy (non-hydrogen) atoms. The van der Waals surface area contributed by atoms with Crippen LogP contribution in [0.3, 0.4) is 0 Å². The van der Waals surface area contributed by atoms with Gasteiger partial charge in [0.25, 0.3) is 5.62 Å². The van der Waals surface area contributed by atoms with Crippen molar-refractivity contribution in [3.8, 4) is 0 Å². The Labute approximate surface area is 97.1 Å². The lowest BCUT2D eigenvalue weighted by Crippen LogP contribution is -2.34. The zero-order valence-corrected chi connectivity index (χ0v) is 9.26. The van der Waals surface area contributed by atoms with Crippen molar-refractivity contribution >= 4 is 17.3 Å². The van der Waals surface area contributed by atoms with Crippen LogP contribution in [-0.2, 0) is 0 Å². The average molecular weight is 238 g/mol. The molecule has 0 unspecified atom stereocenters.